The van der Waals surface area contributed by atoms with Gasteiger partial charge in [-0.15, -0.1) is 0 Å². The van der Waals surface area contributed by atoms with Gasteiger partial charge < -0.3 is 19.3 Å². The number of anilines is 1. The first-order valence-electron chi connectivity index (χ1n) is 15.9. The number of rotatable bonds is 10. The van der Waals surface area contributed by atoms with Crippen LogP contribution in [0.5, 0.6) is 0 Å². The lowest BCUT2D eigenvalue weighted by molar-refractivity contribution is 0.00443. The molecule has 0 bridgehead atoms. The Morgan fingerprint density at radius 1 is 0.976 bits per heavy atom. The van der Waals surface area contributed by atoms with Crippen LogP contribution in [-0.4, -0.2) is 83.1 Å². The van der Waals surface area contributed by atoms with Crippen LogP contribution in [0.2, 0.25) is 0 Å². The molecule has 0 N–H and O–H groups in total. The second-order valence-corrected chi connectivity index (χ2v) is 12.6. The van der Waals surface area contributed by atoms with Crippen molar-refractivity contribution in [1.82, 2.24) is 24.4 Å². The van der Waals surface area contributed by atoms with Crippen molar-refractivity contribution in [3.63, 3.8) is 0 Å². The van der Waals surface area contributed by atoms with Crippen molar-refractivity contribution in [3.05, 3.63) is 42.0 Å². The quantitative estimate of drug-likeness (QED) is 0.310. The van der Waals surface area contributed by atoms with Crippen molar-refractivity contribution in [2.45, 2.75) is 70.3 Å². The molecule has 10 heteroatoms. The maximum Gasteiger partial charge on any atom is 0.296 e. The molecule has 1 spiro atoms. The highest BCUT2D eigenvalue weighted by atomic mass is 19.3. The van der Waals surface area contributed by atoms with Gasteiger partial charge in [0.2, 0.25) is 0 Å². The predicted molar refractivity (Wildman–Crippen MR) is 157 cm³/mol. The van der Waals surface area contributed by atoms with Crippen LogP contribution in [0, 0.1) is 11.3 Å². The van der Waals surface area contributed by atoms with Gasteiger partial charge >= 0.3 is 0 Å². The SMILES string of the molecule is FC(F)c1nc2ccccc2n1-c1cc(N2CCOCC2)nc(CCC2CC23CCC(OCCN2CCCC2)CC3)n1. The van der Waals surface area contributed by atoms with Crippen LogP contribution in [0.15, 0.2) is 30.3 Å². The molecule has 8 nitrogen and oxygen atoms in total. The average molecular weight is 581 g/mol. The number of para-hydroxylation sites is 2. The molecule has 2 saturated heterocycles. The molecular weight excluding hydrogens is 538 g/mol. The van der Waals surface area contributed by atoms with Crippen LogP contribution in [0.4, 0.5) is 14.6 Å². The Morgan fingerprint density at radius 2 is 1.74 bits per heavy atom. The molecule has 1 unspecified atom stereocenters. The Hall–Kier alpha value is -2.69. The highest BCUT2D eigenvalue weighted by molar-refractivity contribution is 5.78. The van der Waals surface area contributed by atoms with Gasteiger partial charge in [-0.2, -0.15) is 0 Å². The van der Waals surface area contributed by atoms with Crippen LogP contribution in [0.3, 0.4) is 0 Å². The van der Waals surface area contributed by atoms with E-state index in [0.717, 1.165) is 57.7 Å². The van der Waals surface area contributed by atoms with Crippen LogP contribution in [0.1, 0.15) is 69.4 Å². The van der Waals surface area contributed by atoms with Gasteiger partial charge in [-0.3, -0.25) is 4.57 Å². The summed E-state index contributed by atoms with van der Waals surface area (Å²) in [5.41, 5.74) is 1.62. The summed E-state index contributed by atoms with van der Waals surface area (Å²) in [5, 5.41) is 0. The number of nitrogens with zero attached hydrogens (tertiary/aromatic N) is 6. The molecule has 2 saturated carbocycles. The summed E-state index contributed by atoms with van der Waals surface area (Å²) in [6.07, 6.45) is 8.19. The van der Waals surface area contributed by atoms with Gasteiger partial charge in [0.1, 0.15) is 17.5 Å². The largest absolute Gasteiger partial charge is 0.378 e. The Balaban J connectivity index is 1.04. The summed E-state index contributed by atoms with van der Waals surface area (Å²) in [4.78, 5) is 18.8. The molecule has 2 aliphatic heterocycles. The Kier molecular flexibility index (Phi) is 8.12. The monoisotopic (exact) mass is 580 g/mol. The lowest BCUT2D eigenvalue weighted by Gasteiger charge is -2.30. The topological polar surface area (TPSA) is 68.5 Å². The molecule has 2 aromatic heterocycles. The van der Waals surface area contributed by atoms with Gasteiger partial charge in [-0.05, 0) is 87.9 Å². The summed E-state index contributed by atoms with van der Waals surface area (Å²) in [6, 6.07) is 9.09. The molecule has 1 aromatic carbocycles. The summed E-state index contributed by atoms with van der Waals surface area (Å²) >= 11 is 0. The first kappa shape index (κ1) is 28.1. The number of aromatic nitrogens is 4. The number of hydrogen-bond donors (Lipinski definition) is 0. The molecule has 7 rings (SSSR count). The van der Waals surface area contributed by atoms with Gasteiger partial charge in [0.25, 0.3) is 6.43 Å². The van der Waals surface area contributed by atoms with Gasteiger partial charge in [-0.25, -0.2) is 23.7 Å². The van der Waals surface area contributed by atoms with E-state index >= 15 is 0 Å². The van der Waals surface area contributed by atoms with E-state index in [-0.39, 0.29) is 5.82 Å². The molecule has 4 aliphatic rings. The molecule has 4 heterocycles. The van der Waals surface area contributed by atoms with Crippen molar-refractivity contribution < 1.29 is 18.3 Å². The van der Waals surface area contributed by atoms with Crippen molar-refractivity contribution >= 4 is 16.9 Å². The van der Waals surface area contributed by atoms with Crippen LogP contribution in [0.25, 0.3) is 16.9 Å². The highest BCUT2D eigenvalue weighted by Crippen LogP contribution is 2.63. The van der Waals surface area contributed by atoms with E-state index in [1.807, 2.05) is 24.3 Å². The number of fused-ring (bicyclic) bond motifs is 1. The number of ether oxygens (including phenoxy) is 2. The number of hydrogen-bond acceptors (Lipinski definition) is 7. The van der Waals surface area contributed by atoms with Gasteiger partial charge in [0, 0.05) is 32.1 Å². The van der Waals surface area contributed by atoms with Crippen molar-refractivity contribution in [3.8, 4) is 5.82 Å². The second kappa shape index (κ2) is 12.1. The zero-order valence-electron chi connectivity index (χ0n) is 24.4. The molecule has 0 amide bonds. The lowest BCUT2D eigenvalue weighted by atomic mass is 9.82. The van der Waals surface area contributed by atoms with Crippen LogP contribution >= 0.6 is 0 Å². The van der Waals surface area contributed by atoms with Crippen molar-refractivity contribution in [2.24, 2.45) is 11.3 Å². The molecule has 0 radical (unpaired) electrons. The average Bonchev–Trinajstić information content (AvgIpc) is 3.32. The van der Waals surface area contributed by atoms with E-state index < -0.39 is 6.43 Å². The first-order valence-corrected chi connectivity index (χ1v) is 15.9. The number of aryl methyl sites for hydroxylation is 1. The highest BCUT2D eigenvalue weighted by Gasteiger charge is 2.54. The second-order valence-electron chi connectivity index (χ2n) is 12.6. The third-order valence-electron chi connectivity index (χ3n) is 10.1. The Bertz CT molecular complexity index is 1360. The smallest absolute Gasteiger partial charge is 0.296 e. The van der Waals surface area contributed by atoms with E-state index in [9.17, 15) is 8.78 Å². The minimum atomic E-state index is -2.71. The van der Waals surface area contributed by atoms with E-state index in [1.54, 1.807) is 6.07 Å². The van der Waals surface area contributed by atoms with E-state index in [2.05, 4.69) is 14.8 Å². The number of benzene rings is 1. The molecule has 226 valence electrons. The number of imidazole rings is 1. The van der Waals surface area contributed by atoms with Gasteiger partial charge in [0.15, 0.2) is 5.82 Å². The minimum absolute atomic E-state index is 0.283. The molecule has 4 fully saturated rings. The van der Waals surface area contributed by atoms with Crippen molar-refractivity contribution in [1.29, 1.82) is 0 Å². The van der Waals surface area contributed by atoms with Crippen LogP contribution < -0.4 is 4.90 Å². The zero-order valence-corrected chi connectivity index (χ0v) is 24.4. The molecule has 2 aliphatic carbocycles. The van der Waals surface area contributed by atoms with Crippen molar-refractivity contribution in [2.75, 3.05) is 57.4 Å². The Labute approximate surface area is 246 Å². The molecule has 1 atom stereocenters. The number of halogens is 2. The summed E-state index contributed by atoms with van der Waals surface area (Å²) in [6.45, 7) is 7.07. The predicted octanol–water partition coefficient (Wildman–Crippen LogP) is 5.58. The molecule has 3 aromatic rings. The van der Waals surface area contributed by atoms with E-state index in [0.29, 0.717) is 53.3 Å². The normalized spacial score (nSPS) is 26.6. The van der Waals surface area contributed by atoms with Gasteiger partial charge in [-0.1, -0.05) is 12.1 Å². The molecule has 42 heavy (non-hydrogen) atoms. The number of morpholine rings is 1. The first-order chi connectivity index (χ1) is 20.6. The fourth-order valence-corrected chi connectivity index (χ4v) is 7.53. The summed E-state index contributed by atoms with van der Waals surface area (Å²) in [7, 11) is 0. The third kappa shape index (κ3) is 5.90. The van der Waals surface area contributed by atoms with E-state index in [4.69, 9.17) is 19.4 Å². The fourth-order valence-electron chi connectivity index (χ4n) is 7.53. The van der Waals surface area contributed by atoms with E-state index in [1.165, 1.54) is 49.8 Å². The third-order valence-corrected chi connectivity index (χ3v) is 10.1. The minimum Gasteiger partial charge on any atom is -0.378 e. The summed E-state index contributed by atoms with van der Waals surface area (Å²) < 4.78 is 41.7. The molecular formula is C32H42F2N6O2. The standard InChI is InChI=1S/C32H42F2N6O2/c33-30(34)31-35-25-5-1-2-6-26(25)40(31)29-21-28(39-16-18-41-19-17-39)36-27(37-29)8-7-23-22-32(23)11-9-24(10-12-32)42-20-15-38-13-3-4-14-38/h1-2,5-6,21,23-24,30H,3-4,7-20,22H2. The maximum atomic E-state index is 14.2. The number of alkyl halides is 2. The van der Waals surface area contributed by atoms with Crippen LogP contribution in [-0.2, 0) is 15.9 Å². The zero-order chi connectivity index (χ0) is 28.5. The fraction of sp³-hybridized carbons (Fsp3) is 0.656. The van der Waals surface area contributed by atoms with Gasteiger partial charge in [0.05, 0.1) is 37.0 Å². The lowest BCUT2D eigenvalue weighted by Crippen LogP contribution is -2.37. The summed E-state index contributed by atoms with van der Waals surface area (Å²) in [5.74, 6) is 2.34. The Morgan fingerprint density at radius 3 is 2.52 bits per heavy atom. The number of likely N-dealkylation sites (tertiary alicyclic amines) is 1. The maximum absolute atomic E-state index is 14.2.